The molecule has 0 aromatic carbocycles. The van der Waals surface area contributed by atoms with Crippen molar-refractivity contribution in [3.63, 3.8) is 0 Å². The van der Waals surface area contributed by atoms with Gasteiger partial charge in [0, 0.05) is 31.9 Å². The summed E-state index contributed by atoms with van der Waals surface area (Å²) in [4.78, 5) is 31.6. The van der Waals surface area contributed by atoms with E-state index >= 15 is 0 Å². The fourth-order valence-corrected chi connectivity index (χ4v) is 3.16. The third-order valence-corrected chi connectivity index (χ3v) is 4.15. The van der Waals surface area contributed by atoms with Gasteiger partial charge in [-0.3, -0.25) is 14.5 Å². The first-order valence-electron chi connectivity index (χ1n) is 6.96. The maximum absolute atomic E-state index is 12.1. The van der Waals surface area contributed by atoms with E-state index in [1.54, 1.807) is 9.80 Å². The molecule has 1 aliphatic heterocycles. The van der Waals surface area contributed by atoms with Gasteiger partial charge in [0.25, 0.3) is 0 Å². The molecular formula is C14H21N3O2S. The molecule has 0 unspecified atom stereocenters. The quantitative estimate of drug-likeness (QED) is 0.834. The Balaban J connectivity index is 1.95. The predicted molar refractivity (Wildman–Crippen MR) is 79.9 cm³/mol. The average molecular weight is 295 g/mol. The van der Waals surface area contributed by atoms with Gasteiger partial charge in [0.15, 0.2) is 5.13 Å². The Morgan fingerprint density at radius 1 is 1.55 bits per heavy atom. The molecule has 1 aliphatic rings. The van der Waals surface area contributed by atoms with Crippen LogP contribution in [0.3, 0.4) is 0 Å². The molecule has 2 heterocycles. The Morgan fingerprint density at radius 2 is 2.30 bits per heavy atom. The number of thiazole rings is 1. The maximum Gasteiger partial charge on any atom is 0.228 e. The number of hydrogen-bond acceptors (Lipinski definition) is 4. The van der Waals surface area contributed by atoms with E-state index in [4.69, 9.17) is 0 Å². The van der Waals surface area contributed by atoms with Crippen LogP contribution in [0, 0.1) is 5.92 Å². The molecule has 0 saturated carbocycles. The van der Waals surface area contributed by atoms with E-state index in [1.165, 1.54) is 11.3 Å². The number of likely N-dealkylation sites (N-methyl/N-ethyl adjacent to an activating group) is 1. The van der Waals surface area contributed by atoms with Crippen LogP contribution >= 0.6 is 11.3 Å². The third kappa shape index (κ3) is 3.56. The van der Waals surface area contributed by atoms with Gasteiger partial charge in [-0.1, -0.05) is 13.8 Å². The number of rotatable bonds is 5. The van der Waals surface area contributed by atoms with Crippen LogP contribution in [0.25, 0.3) is 0 Å². The van der Waals surface area contributed by atoms with Crippen LogP contribution in [0.5, 0.6) is 0 Å². The van der Waals surface area contributed by atoms with Gasteiger partial charge < -0.3 is 4.90 Å². The molecule has 110 valence electrons. The first-order valence-corrected chi connectivity index (χ1v) is 7.84. The summed E-state index contributed by atoms with van der Waals surface area (Å²) in [5, 5.41) is 2.60. The van der Waals surface area contributed by atoms with Crippen LogP contribution in [0.15, 0.2) is 5.38 Å². The second-order valence-corrected chi connectivity index (χ2v) is 6.45. The van der Waals surface area contributed by atoms with Gasteiger partial charge in [0.2, 0.25) is 11.8 Å². The van der Waals surface area contributed by atoms with Crippen molar-refractivity contribution < 1.29 is 9.59 Å². The van der Waals surface area contributed by atoms with E-state index < -0.39 is 0 Å². The largest absolute Gasteiger partial charge is 0.345 e. The fraction of sp³-hybridized carbons (Fsp3) is 0.643. The van der Waals surface area contributed by atoms with Crippen molar-refractivity contribution in [2.75, 3.05) is 25.0 Å². The van der Waals surface area contributed by atoms with E-state index in [1.807, 2.05) is 12.4 Å². The summed E-state index contributed by atoms with van der Waals surface area (Å²) in [7, 11) is 1.82. The zero-order valence-electron chi connectivity index (χ0n) is 12.3. The number of amides is 2. The standard InChI is InChI=1S/C14H21N3O2S/c1-10(2)8-16(3)13(19)7-11-9-20-14(15-11)17-6-4-5-12(17)18/h9-10H,4-8H2,1-3H3. The molecule has 1 saturated heterocycles. The van der Waals surface area contributed by atoms with Gasteiger partial charge in [-0.05, 0) is 12.3 Å². The van der Waals surface area contributed by atoms with E-state index in [9.17, 15) is 9.59 Å². The number of carbonyl (C=O) groups excluding carboxylic acids is 2. The number of anilines is 1. The minimum Gasteiger partial charge on any atom is -0.345 e. The molecule has 5 nitrogen and oxygen atoms in total. The van der Waals surface area contributed by atoms with Crippen LogP contribution in [0.1, 0.15) is 32.4 Å². The number of hydrogen-bond donors (Lipinski definition) is 0. The first-order chi connectivity index (χ1) is 9.47. The van der Waals surface area contributed by atoms with Crippen LogP contribution in [-0.2, 0) is 16.0 Å². The third-order valence-electron chi connectivity index (χ3n) is 3.24. The summed E-state index contributed by atoms with van der Waals surface area (Å²) in [6, 6.07) is 0. The lowest BCUT2D eigenvalue weighted by Crippen LogP contribution is -2.31. The second kappa shape index (κ2) is 6.35. The van der Waals surface area contributed by atoms with Crippen molar-refractivity contribution in [2.24, 2.45) is 5.92 Å². The molecule has 0 atom stereocenters. The summed E-state index contributed by atoms with van der Waals surface area (Å²) in [6.45, 7) is 5.67. The summed E-state index contributed by atoms with van der Waals surface area (Å²) in [5.74, 6) is 0.662. The molecule has 0 aliphatic carbocycles. The number of carbonyl (C=O) groups is 2. The first kappa shape index (κ1) is 15.0. The summed E-state index contributed by atoms with van der Waals surface area (Å²) in [5.41, 5.74) is 0.755. The van der Waals surface area contributed by atoms with E-state index in [-0.39, 0.29) is 11.8 Å². The van der Waals surface area contributed by atoms with Gasteiger partial charge in [0.1, 0.15) is 0 Å². The van der Waals surface area contributed by atoms with Gasteiger partial charge >= 0.3 is 0 Å². The van der Waals surface area contributed by atoms with E-state index in [2.05, 4.69) is 18.8 Å². The highest BCUT2D eigenvalue weighted by molar-refractivity contribution is 7.14. The predicted octanol–water partition coefficient (Wildman–Crippen LogP) is 1.93. The Hall–Kier alpha value is -1.43. The Morgan fingerprint density at radius 3 is 2.90 bits per heavy atom. The Kier molecular flexibility index (Phi) is 4.75. The second-order valence-electron chi connectivity index (χ2n) is 5.62. The molecule has 1 fully saturated rings. The minimum absolute atomic E-state index is 0.0725. The molecule has 1 aromatic rings. The highest BCUT2D eigenvalue weighted by atomic mass is 32.1. The number of aromatic nitrogens is 1. The Bertz CT molecular complexity index is 498. The molecular weight excluding hydrogens is 274 g/mol. The molecule has 2 rings (SSSR count). The SMILES string of the molecule is CC(C)CN(C)C(=O)Cc1csc(N2CCCC2=O)n1. The number of nitrogens with zero attached hydrogens (tertiary/aromatic N) is 3. The zero-order chi connectivity index (χ0) is 14.7. The molecule has 0 radical (unpaired) electrons. The van der Waals surface area contributed by atoms with Gasteiger partial charge in [-0.25, -0.2) is 4.98 Å². The fourth-order valence-electron chi connectivity index (χ4n) is 2.29. The van der Waals surface area contributed by atoms with Crippen LogP contribution in [-0.4, -0.2) is 41.8 Å². The molecule has 20 heavy (non-hydrogen) atoms. The summed E-state index contributed by atoms with van der Waals surface area (Å²) in [6.07, 6.45) is 1.80. The molecule has 6 heteroatoms. The summed E-state index contributed by atoms with van der Waals surface area (Å²) < 4.78 is 0. The van der Waals surface area contributed by atoms with E-state index in [0.29, 0.717) is 18.8 Å². The lowest BCUT2D eigenvalue weighted by Gasteiger charge is -2.18. The van der Waals surface area contributed by atoms with Crippen LogP contribution in [0.2, 0.25) is 0 Å². The highest BCUT2D eigenvalue weighted by Crippen LogP contribution is 2.25. The van der Waals surface area contributed by atoms with Crippen molar-refractivity contribution in [1.82, 2.24) is 9.88 Å². The highest BCUT2D eigenvalue weighted by Gasteiger charge is 2.24. The van der Waals surface area contributed by atoms with Crippen LogP contribution < -0.4 is 4.90 Å². The topological polar surface area (TPSA) is 53.5 Å². The van der Waals surface area contributed by atoms with Crippen molar-refractivity contribution >= 4 is 28.3 Å². The normalized spacial score (nSPS) is 15.2. The maximum atomic E-state index is 12.1. The lowest BCUT2D eigenvalue weighted by atomic mass is 10.2. The van der Waals surface area contributed by atoms with Crippen molar-refractivity contribution in [1.29, 1.82) is 0 Å². The van der Waals surface area contributed by atoms with Gasteiger partial charge in [-0.2, -0.15) is 0 Å². The molecule has 2 amide bonds. The Labute approximate surface area is 123 Å². The lowest BCUT2D eigenvalue weighted by molar-refractivity contribution is -0.129. The summed E-state index contributed by atoms with van der Waals surface area (Å²) >= 11 is 1.44. The van der Waals surface area contributed by atoms with Crippen molar-refractivity contribution in [2.45, 2.75) is 33.1 Å². The molecule has 0 bridgehead atoms. The van der Waals surface area contributed by atoms with Crippen LogP contribution in [0.4, 0.5) is 5.13 Å². The minimum atomic E-state index is 0.0725. The van der Waals surface area contributed by atoms with E-state index in [0.717, 1.165) is 30.3 Å². The molecule has 1 aromatic heterocycles. The van der Waals surface area contributed by atoms with Crippen molar-refractivity contribution in [3.8, 4) is 0 Å². The smallest absolute Gasteiger partial charge is 0.228 e. The van der Waals surface area contributed by atoms with Crippen molar-refractivity contribution in [3.05, 3.63) is 11.1 Å². The van der Waals surface area contributed by atoms with Gasteiger partial charge in [-0.15, -0.1) is 11.3 Å². The van der Waals surface area contributed by atoms with Gasteiger partial charge in [0.05, 0.1) is 12.1 Å². The molecule has 0 spiro atoms. The average Bonchev–Trinajstić information content (AvgIpc) is 2.97. The molecule has 0 N–H and O–H groups in total. The zero-order valence-corrected chi connectivity index (χ0v) is 13.1. The monoisotopic (exact) mass is 295 g/mol.